The van der Waals surface area contributed by atoms with Crippen LogP contribution in [0.3, 0.4) is 0 Å². The molecule has 0 amide bonds. The zero-order chi connectivity index (χ0) is 14.0. The first-order chi connectivity index (χ1) is 8.99. The van der Waals surface area contributed by atoms with E-state index in [0.29, 0.717) is 6.61 Å². The molecule has 1 saturated heterocycles. The molecular weight excluding hydrogens is 254 g/mol. The third kappa shape index (κ3) is 2.79. The summed E-state index contributed by atoms with van der Waals surface area (Å²) in [7, 11) is 0. The summed E-state index contributed by atoms with van der Waals surface area (Å²) >= 11 is 0. The van der Waals surface area contributed by atoms with Crippen molar-refractivity contribution in [3.05, 3.63) is 27.9 Å². The number of hydrogen-bond donors (Lipinski definition) is 2. The molecule has 2 unspecified atom stereocenters. The van der Waals surface area contributed by atoms with E-state index in [-0.39, 0.29) is 23.4 Å². The van der Waals surface area contributed by atoms with Crippen molar-refractivity contribution < 1.29 is 19.6 Å². The first-order valence-corrected chi connectivity index (χ1v) is 5.75. The van der Waals surface area contributed by atoms with E-state index in [1.54, 1.807) is 0 Å². The van der Waals surface area contributed by atoms with Gasteiger partial charge in [0, 0.05) is 6.61 Å². The summed E-state index contributed by atoms with van der Waals surface area (Å²) < 4.78 is 5.36. The smallest absolute Gasteiger partial charge is 0.364 e. The van der Waals surface area contributed by atoms with Gasteiger partial charge in [-0.3, -0.25) is 0 Å². The molecule has 0 saturated carbocycles. The van der Waals surface area contributed by atoms with Crippen molar-refractivity contribution >= 4 is 17.5 Å². The van der Waals surface area contributed by atoms with Crippen LogP contribution in [0.4, 0.5) is 11.5 Å². The molecule has 0 spiro atoms. The first kappa shape index (κ1) is 13.2. The molecule has 8 heteroatoms. The Morgan fingerprint density at radius 2 is 2.42 bits per heavy atom. The van der Waals surface area contributed by atoms with Crippen molar-refractivity contribution in [3.63, 3.8) is 0 Å². The molecule has 1 fully saturated rings. The monoisotopic (exact) mass is 267 g/mol. The van der Waals surface area contributed by atoms with Crippen LogP contribution in [0.15, 0.2) is 12.3 Å². The first-order valence-electron chi connectivity index (χ1n) is 5.75. The molecule has 1 aromatic rings. The van der Waals surface area contributed by atoms with Crippen molar-refractivity contribution in [1.82, 2.24) is 4.98 Å². The molecule has 102 valence electrons. The number of aromatic nitrogens is 1. The fourth-order valence-electron chi connectivity index (χ4n) is 1.96. The van der Waals surface area contributed by atoms with Crippen molar-refractivity contribution in [2.24, 2.45) is 0 Å². The molecular formula is C11H13N3O5. The summed E-state index contributed by atoms with van der Waals surface area (Å²) in [6.45, 7) is 2.48. The van der Waals surface area contributed by atoms with Gasteiger partial charge < -0.3 is 25.3 Å². The van der Waals surface area contributed by atoms with Gasteiger partial charge in [-0.1, -0.05) is 0 Å². The van der Waals surface area contributed by atoms with Crippen LogP contribution in [0.2, 0.25) is 0 Å². The third-order valence-corrected chi connectivity index (χ3v) is 3.02. The standard InChI is InChI=1S/C11H13N3O5/c1-6-8(2-3-19-6)13-9-5-12-10(14(17)18)4-7(9)11(15)16/h4-6,8,13H,2-3H2,1H3,(H,15,16). The zero-order valence-electron chi connectivity index (χ0n) is 10.2. The van der Waals surface area contributed by atoms with Gasteiger partial charge in [0.15, 0.2) is 6.20 Å². The predicted octanol–water partition coefficient (Wildman–Crippen LogP) is 1.28. The topological polar surface area (TPSA) is 115 Å². The van der Waals surface area contributed by atoms with Crippen molar-refractivity contribution in [2.75, 3.05) is 11.9 Å². The highest BCUT2D eigenvalue weighted by molar-refractivity contribution is 5.94. The fraction of sp³-hybridized carbons (Fsp3) is 0.455. The second kappa shape index (κ2) is 5.19. The lowest BCUT2D eigenvalue weighted by molar-refractivity contribution is -0.389. The van der Waals surface area contributed by atoms with Crippen LogP contribution in [0.5, 0.6) is 0 Å². The third-order valence-electron chi connectivity index (χ3n) is 3.02. The van der Waals surface area contributed by atoms with Gasteiger partial charge in [-0.2, -0.15) is 0 Å². The van der Waals surface area contributed by atoms with Crippen LogP contribution in [0, 0.1) is 10.1 Å². The second-order valence-electron chi connectivity index (χ2n) is 4.27. The Labute approximate surface area is 108 Å². The molecule has 19 heavy (non-hydrogen) atoms. The number of nitrogens with zero attached hydrogens (tertiary/aromatic N) is 2. The highest BCUT2D eigenvalue weighted by atomic mass is 16.6. The van der Waals surface area contributed by atoms with E-state index in [0.717, 1.165) is 12.5 Å². The Balaban J connectivity index is 2.29. The molecule has 0 radical (unpaired) electrons. The average molecular weight is 267 g/mol. The molecule has 0 bridgehead atoms. The molecule has 1 aliphatic rings. The maximum atomic E-state index is 11.1. The molecule has 1 aliphatic heterocycles. The maximum absolute atomic E-state index is 11.1. The molecule has 2 rings (SSSR count). The van der Waals surface area contributed by atoms with Crippen LogP contribution >= 0.6 is 0 Å². The number of hydrogen-bond acceptors (Lipinski definition) is 6. The van der Waals surface area contributed by atoms with Crippen molar-refractivity contribution in [3.8, 4) is 0 Å². The van der Waals surface area contributed by atoms with Crippen molar-refractivity contribution in [2.45, 2.75) is 25.5 Å². The Kier molecular flexibility index (Phi) is 3.61. The minimum atomic E-state index is -1.24. The van der Waals surface area contributed by atoms with Gasteiger partial charge in [0.25, 0.3) is 0 Å². The van der Waals surface area contributed by atoms with Crippen LogP contribution in [-0.2, 0) is 4.74 Å². The van der Waals surface area contributed by atoms with Gasteiger partial charge in [-0.15, -0.1) is 0 Å². The number of carboxylic acids is 1. The highest BCUT2D eigenvalue weighted by Crippen LogP contribution is 2.23. The Hall–Kier alpha value is -2.22. The highest BCUT2D eigenvalue weighted by Gasteiger charge is 2.27. The summed E-state index contributed by atoms with van der Waals surface area (Å²) in [5.41, 5.74) is 0.0984. The van der Waals surface area contributed by atoms with E-state index in [1.165, 1.54) is 6.20 Å². The number of rotatable bonds is 4. The normalized spacial score (nSPS) is 22.2. The van der Waals surface area contributed by atoms with E-state index in [1.807, 2.05) is 6.92 Å². The van der Waals surface area contributed by atoms with Gasteiger partial charge in [-0.25, -0.2) is 4.79 Å². The minimum Gasteiger partial charge on any atom is -0.478 e. The summed E-state index contributed by atoms with van der Waals surface area (Å²) in [5, 5.41) is 22.7. The number of anilines is 1. The SMILES string of the molecule is CC1OCCC1Nc1cnc([N+](=O)[O-])cc1C(=O)O. The number of pyridine rings is 1. The van der Waals surface area contributed by atoms with Crippen LogP contribution < -0.4 is 5.32 Å². The lowest BCUT2D eigenvalue weighted by Gasteiger charge is -2.17. The van der Waals surface area contributed by atoms with E-state index in [2.05, 4.69) is 10.3 Å². The lowest BCUT2D eigenvalue weighted by Crippen LogP contribution is -2.27. The molecule has 0 aliphatic carbocycles. The van der Waals surface area contributed by atoms with Gasteiger partial charge >= 0.3 is 11.8 Å². The van der Waals surface area contributed by atoms with Crippen LogP contribution in [0.25, 0.3) is 0 Å². The van der Waals surface area contributed by atoms with E-state index in [9.17, 15) is 14.9 Å². The fourth-order valence-corrected chi connectivity index (χ4v) is 1.96. The molecule has 2 heterocycles. The number of carbonyl (C=O) groups is 1. The number of carboxylic acid groups (broad SMARTS) is 1. The number of nitro groups is 1. The van der Waals surface area contributed by atoms with E-state index in [4.69, 9.17) is 9.84 Å². The van der Waals surface area contributed by atoms with Gasteiger partial charge in [0.2, 0.25) is 0 Å². The molecule has 8 nitrogen and oxygen atoms in total. The van der Waals surface area contributed by atoms with Gasteiger partial charge in [0.1, 0.15) is 0 Å². The minimum absolute atomic E-state index is 0.0265. The maximum Gasteiger partial charge on any atom is 0.364 e. The van der Waals surface area contributed by atoms with Gasteiger partial charge in [0.05, 0.1) is 29.5 Å². The van der Waals surface area contributed by atoms with E-state index < -0.39 is 16.7 Å². The number of nitrogens with one attached hydrogen (secondary N) is 1. The quantitative estimate of drug-likeness (QED) is 0.623. The Bertz CT molecular complexity index is 519. The summed E-state index contributed by atoms with van der Waals surface area (Å²) in [6, 6.07) is 0.923. The predicted molar refractivity (Wildman–Crippen MR) is 65.3 cm³/mol. The summed E-state index contributed by atoms with van der Waals surface area (Å²) in [4.78, 5) is 24.6. The van der Waals surface area contributed by atoms with Crippen LogP contribution in [0.1, 0.15) is 23.7 Å². The van der Waals surface area contributed by atoms with Crippen LogP contribution in [-0.4, -0.2) is 39.7 Å². The van der Waals surface area contributed by atoms with Crippen molar-refractivity contribution in [1.29, 1.82) is 0 Å². The lowest BCUT2D eigenvalue weighted by atomic mass is 10.1. The molecule has 0 aromatic carbocycles. The molecule has 1 aromatic heterocycles. The number of ether oxygens (including phenoxy) is 1. The Morgan fingerprint density at radius 1 is 1.68 bits per heavy atom. The van der Waals surface area contributed by atoms with Gasteiger partial charge in [-0.05, 0) is 23.3 Å². The Morgan fingerprint density at radius 3 is 2.95 bits per heavy atom. The average Bonchev–Trinajstić information content (AvgIpc) is 2.75. The zero-order valence-corrected chi connectivity index (χ0v) is 10.2. The largest absolute Gasteiger partial charge is 0.478 e. The molecule has 2 N–H and O–H groups in total. The molecule has 2 atom stereocenters. The summed E-state index contributed by atoms with van der Waals surface area (Å²) in [5.74, 6) is -1.72. The second-order valence-corrected chi connectivity index (χ2v) is 4.27. The van der Waals surface area contributed by atoms with E-state index >= 15 is 0 Å². The summed E-state index contributed by atoms with van der Waals surface area (Å²) in [6.07, 6.45) is 1.88. The number of aromatic carboxylic acids is 1.